The Kier molecular flexibility index (Phi) is 4.34. The third-order valence-electron chi connectivity index (χ3n) is 4.19. The second-order valence-electron chi connectivity index (χ2n) is 5.76. The average molecular weight is 290 g/mol. The van der Waals surface area contributed by atoms with Crippen molar-refractivity contribution in [3.63, 3.8) is 0 Å². The molecule has 1 aromatic heterocycles. The lowest BCUT2D eigenvalue weighted by molar-refractivity contribution is -0.135. The summed E-state index contributed by atoms with van der Waals surface area (Å²) in [6.45, 7) is 6.55. The van der Waals surface area contributed by atoms with Crippen molar-refractivity contribution in [3.05, 3.63) is 17.8 Å². The molecule has 2 fully saturated rings. The van der Waals surface area contributed by atoms with Crippen LogP contribution < -0.4 is 4.90 Å². The van der Waals surface area contributed by atoms with E-state index < -0.39 is 0 Å². The maximum absolute atomic E-state index is 12.4. The van der Waals surface area contributed by atoms with E-state index in [1.807, 2.05) is 24.0 Å². The largest absolute Gasteiger partial charge is 0.381 e. The molecule has 0 aliphatic carbocycles. The summed E-state index contributed by atoms with van der Waals surface area (Å²) in [5.41, 5.74) is 0.923. The molecule has 6 nitrogen and oxygen atoms in total. The summed E-state index contributed by atoms with van der Waals surface area (Å²) in [6.07, 6.45) is 1.83. The summed E-state index contributed by atoms with van der Waals surface area (Å²) in [6, 6.07) is 3.98. The number of aromatic nitrogens is 2. The molecule has 3 heterocycles. The molecule has 6 heteroatoms. The number of aryl methyl sites for hydroxylation is 1. The van der Waals surface area contributed by atoms with E-state index >= 15 is 0 Å². The normalized spacial score (nSPS) is 23.2. The van der Waals surface area contributed by atoms with Gasteiger partial charge < -0.3 is 14.5 Å². The Bertz CT molecular complexity index is 485. The molecule has 0 spiro atoms. The summed E-state index contributed by atoms with van der Waals surface area (Å²) in [4.78, 5) is 16.6. The first-order chi connectivity index (χ1) is 10.2. The van der Waals surface area contributed by atoms with E-state index in [0.29, 0.717) is 6.61 Å². The summed E-state index contributed by atoms with van der Waals surface area (Å²) < 4.78 is 5.33. The van der Waals surface area contributed by atoms with Crippen molar-refractivity contribution in [2.75, 3.05) is 44.3 Å². The van der Waals surface area contributed by atoms with Crippen molar-refractivity contribution in [1.29, 1.82) is 0 Å². The fraction of sp³-hybridized carbons (Fsp3) is 0.667. The third kappa shape index (κ3) is 3.32. The highest BCUT2D eigenvalue weighted by Gasteiger charge is 2.29. The first-order valence-corrected chi connectivity index (χ1v) is 7.66. The van der Waals surface area contributed by atoms with E-state index in [0.717, 1.165) is 57.1 Å². The van der Waals surface area contributed by atoms with Crippen LogP contribution in [-0.2, 0) is 9.53 Å². The molecule has 2 aliphatic rings. The third-order valence-corrected chi connectivity index (χ3v) is 4.19. The SMILES string of the molecule is Cc1ccc(N2CCCN(C(=O)C3CCOC3)CC2)nn1. The maximum Gasteiger partial charge on any atom is 0.228 e. The lowest BCUT2D eigenvalue weighted by Gasteiger charge is -2.24. The van der Waals surface area contributed by atoms with Gasteiger partial charge in [0.15, 0.2) is 5.82 Å². The standard InChI is InChI=1S/C15H22N4O2/c1-12-3-4-14(17-16-12)18-6-2-7-19(9-8-18)15(20)13-5-10-21-11-13/h3-4,13H,2,5-11H2,1H3. The van der Waals surface area contributed by atoms with Gasteiger partial charge >= 0.3 is 0 Å². The lowest BCUT2D eigenvalue weighted by atomic mass is 10.1. The molecule has 21 heavy (non-hydrogen) atoms. The van der Waals surface area contributed by atoms with Gasteiger partial charge in [-0.1, -0.05) is 0 Å². The predicted molar refractivity (Wildman–Crippen MR) is 79.1 cm³/mol. The van der Waals surface area contributed by atoms with Crippen LogP contribution in [0.1, 0.15) is 18.5 Å². The minimum absolute atomic E-state index is 0.0655. The van der Waals surface area contributed by atoms with Crippen molar-refractivity contribution in [2.45, 2.75) is 19.8 Å². The quantitative estimate of drug-likeness (QED) is 0.808. The Morgan fingerprint density at radius 2 is 2.14 bits per heavy atom. The van der Waals surface area contributed by atoms with Crippen LogP contribution in [-0.4, -0.2) is 60.4 Å². The van der Waals surface area contributed by atoms with Gasteiger partial charge in [-0.3, -0.25) is 4.79 Å². The number of rotatable bonds is 2. The summed E-state index contributed by atoms with van der Waals surface area (Å²) in [5.74, 6) is 1.22. The zero-order valence-electron chi connectivity index (χ0n) is 12.5. The zero-order chi connectivity index (χ0) is 14.7. The minimum Gasteiger partial charge on any atom is -0.381 e. The number of ether oxygens (including phenoxy) is 1. The molecule has 2 aliphatic heterocycles. The topological polar surface area (TPSA) is 58.6 Å². The number of anilines is 1. The Morgan fingerprint density at radius 3 is 2.86 bits per heavy atom. The van der Waals surface area contributed by atoms with E-state index in [-0.39, 0.29) is 11.8 Å². The maximum atomic E-state index is 12.4. The Morgan fingerprint density at radius 1 is 1.24 bits per heavy atom. The predicted octanol–water partition coefficient (Wildman–Crippen LogP) is 0.860. The number of hydrogen-bond donors (Lipinski definition) is 0. The Balaban J connectivity index is 1.61. The van der Waals surface area contributed by atoms with Crippen LogP contribution in [0.4, 0.5) is 5.82 Å². The van der Waals surface area contributed by atoms with Crippen LogP contribution in [0.2, 0.25) is 0 Å². The molecule has 0 aromatic carbocycles. The number of hydrogen-bond acceptors (Lipinski definition) is 5. The monoisotopic (exact) mass is 290 g/mol. The van der Waals surface area contributed by atoms with Crippen LogP contribution in [0.25, 0.3) is 0 Å². The number of amides is 1. The Hall–Kier alpha value is -1.69. The molecule has 0 bridgehead atoms. The molecule has 1 atom stereocenters. The molecule has 1 amide bonds. The first-order valence-electron chi connectivity index (χ1n) is 7.66. The molecule has 3 rings (SSSR count). The smallest absolute Gasteiger partial charge is 0.228 e. The molecular weight excluding hydrogens is 268 g/mol. The molecule has 0 radical (unpaired) electrons. The highest BCUT2D eigenvalue weighted by atomic mass is 16.5. The van der Waals surface area contributed by atoms with E-state index in [2.05, 4.69) is 15.1 Å². The van der Waals surface area contributed by atoms with Gasteiger partial charge in [0.1, 0.15) is 0 Å². The average Bonchev–Trinajstić information content (AvgIpc) is 2.92. The fourth-order valence-electron chi connectivity index (χ4n) is 2.91. The van der Waals surface area contributed by atoms with Crippen molar-refractivity contribution < 1.29 is 9.53 Å². The van der Waals surface area contributed by atoms with Crippen molar-refractivity contribution in [2.24, 2.45) is 5.92 Å². The van der Waals surface area contributed by atoms with Crippen molar-refractivity contribution >= 4 is 11.7 Å². The highest BCUT2D eigenvalue weighted by Crippen LogP contribution is 2.18. The van der Waals surface area contributed by atoms with E-state index in [1.165, 1.54) is 0 Å². The number of carbonyl (C=O) groups is 1. The second-order valence-corrected chi connectivity index (χ2v) is 5.76. The van der Waals surface area contributed by atoms with Gasteiger partial charge in [0, 0.05) is 32.8 Å². The Labute approximate surface area is 125 Å². The van der Waals surface area contributed by atoms with Gasteiger partial charge in [-0.2, -0.15) is 5.10 Å². The zero-order valence-corrected chi connectivity index (χ0v) is 12.5. The molecule has 114 valence electrons. The second kappa shape index (κ2) is 6.39. The number of carbonyl (C=O) groups excluding carboxylic acids is 1. The van der Waals surface area contributed by atoms with Crippen LogP contribution in [0, 0.1) is 12.8 Å². The van der Waals surface area contributed by atoms with Gasteiger partial charge in [0.25, 0.3) is 0 Å². The van der Waals surface area contributed by atoms with Crippen molar-refractivity contribution in [1.82, 2.24) is 15.1 Å². The fourth-order valence-corrected chi connectivity index (χ4v) is 2.91. The van der Waals surface area contributed by atoms with Crippen LogP contribution in [0.3, 0.4) is 0 Å². The van der Waals surface area contributed by atoms with Crippen LogP contribution in [0.5, 0.6) is 0 Å². The lowest BCUT2D eigenvalue weighted by Crippen LogP contribution is -2.39. The van der Waals surface area contributed by atoms with Crippen molar-refractivity contribution in [3.8, 4) is 0 Å². The van der Waals surface area contributed by atoms with E-state index in [9.17, 15) is 4.79 Å². The summed E-state index contributed by atoms with van der Waals surface area (Å²) >= 11 is 0. The van der Waals surface area contributed by atoms with Gasteiger partial charge in [-0.25, -0.2) is 0 Å². The molecular formula is C15H22N4O2. The van der Waals surface area contributed by atoms with E-state index in [4.69, 9.17) is 4.74 Å². The number of nitrogens with zero attached hydrogens (tertiary/aromatic N) is 4. The minimum atomic E-state index is 0.0655. The van der Waals surface area contributed by atoms with Gasteiger partial charge in [0.05, 0.1) is 18.2 Å². The van der Waals surface area contributed by atoms with Crippen LogP contribution >= 0.6 is 0 Å². The molecule has 2 saturated heterocycles. The highest BCUT2D eigenvalue weighted by molar-refractivity contribution is 5.79. The molecule has 0 saturated carbocycles. The summed E-state index contributed by atoms with van der Waals surface area (Å²) in [7, 11) is 0. The van der Waals surface area contributed by atoms with Crippen LogP contribution in [0.15, 0.2) is 12.1 Å². The molecule has 0 N–H and O–H groups in total. The van der Waals surface area contributed by atoms with Gasteiger partial charge in [-0.05, 0) is 31.9 Å². The van der Waals surface area contributed by atoms with Gasteiger partial charge in [-0.15, -0.1) is 5.10 Å². The van der Waals surface area contributed by atoms with Gasteiger partial charge in [0.2, 0.25) is 5.91 Å². The summed E-state index contributed by atoms with van der Waals surface area (Å²) in [5, 5.41) is 8.36. The van der Waals surface area contributed by atoms with E-state index in [1.54, 1.807) is 0 Å². The molecule has 1 unspecified atom stereocenters. The molecule has 1 aromatic rings. The first kappa shape index (κ1) is 14.3.